The molecule has 1 aromatic heterocycles. The fraction of sp³-hybridized carbons (Fsp3) is 0.292. The van der Waals surface area contributed by atoms with E-state index in [0.717, 1.165) is 38.2 Å². The lowest BCUT2D eigenvalue weighted by Gasteiger charge is -2.32. The van der Waals surface area contributed by atoms with E-state index in [-0.39, 0.29) is 30.4 Å². The summed E-state index contributed by atoms with van der Waals surface area (Å²) < 4.78 is 5.93. The van der Waals surface area contributed by atoms with Crippen molar-refractivity contribution < 1.29 is 14.3 Å². The average Bonchev–Trinajstić information content (AvgIpc) is 3.23. The molecule has 2 aromatic carbocycles. The van der Waals surface area contributed by atoms with Crippen LogP contribution in [0, 0.1) is 0 Å². The van der Waals surface area contributed by atoms with Gasteiger partial charge in [-0.25, -0.2) is 4.79 Å². The van der Waals surface area contributed by atoms with Gasteiger partial charge in [-0.2, -0.15) is 0 Å². The van der Waals surface area contributed by atoms with Gasteiger partial charge in [0.15, 0.2) is 0 Å². The maximum Gasteiger partial charge on any atom is 0.335 e. The third-order valence-corrected chi connectivity index (χ3v) is 5.87. The molecule has 2 N–H and O–H groups in total. The van der Waals surface area contributed by atoms with Crippen LogP contribution in [-0.4, -0.2) is 35.1 Å². The van der Waals surface area contributed by atoms with Gasteiger partial charge in [0.2, 0.25) is 0 Å². The smallest absolute Gasteiger partial charge is 0.335 e. The van der Waals surface area contributed by atoms with Gasteiger partial charge in [0.05, 0.1) is 17.1 Å². The number of nitrogens with zero attached hydrogens (tertiary/aromatic N) is 1. The molecule has 1 saturated heterocycles. The number of piperidine rings is 1. The molecule has 32 heavy (non-hydrogen) atoms. The van der Waals surface area contributed by atoms with Crippen LogP contribution in [0.2, 0.25) is 5.02 Å². The van der Waals surface area contributed by atoms with Crippen molar-refractivity contribution in [3.63, 3.8) is 0 Å². The molecule has 0 amide bonds. The van der Waals surface area contributed by atoms with Crippen molar-refractivity contribution >= 4 is 42.4 Å². The molecule has 0 saturated carbocycles. The van der Waals surface area contributed by atoms with Crippen molar-refractivity contribution in [2.45, 2.75) is 32.0 Å². The highest BCUT2D eigenvalue weighted by molar-refractivity contribution is 6.33. The monoisotopic (exact) mass is 496 g/mol. The van der Waals surface area contributed by atoms with E-state index in [9.17, 15) is 9.90 Å². The minimum Gasteiger partial charge on any atom is -0.478 e. The fourth-order valence-corrected chi connectivity index (χ4v) is 4.06. The molecular formula is C24H27Cl3N2O3. The molecule has 2 heterocycles. The number of aromatic carboxylic acids is 1. The van der Waals surface area contributed by atoms with Crippen LogP contribution >= 0.6 is 36.4 Å². The predicted molar refractivity (Wildman–Crippen MR) is 132 cm³/mol. The summed E-state index contributed by atoms with van der Waals surface area (Å²) in [6.45, 7) is 3.80. The van der Waals surface area contributed by atoms with Crippen molar-refractivity contribution in [3.05, 3.63) is 82.6 Å². The zero-order valence-corrected chi connectivity index (χ0v) is 19.9. The zero-order valence-electron chi connectivity index (χ0n) is 17.5. The van der Waals surface area contributed by atoms with Crippen LogP contribution < -0.4 is 5.32 Å². The largest absolute Gasteiger partial charge is 0.478 e. The molecular weight excluding hydrogens is 471 g/mol. The Morgan fingerprint density at radius 3 is 2.47 bits per heavy atom. The van der Waals surface area contributed by atoms with Crippen LogP contribution in [0.5, 0.6) is 0 Å². The SMILES string of the molecule is Cl.Cl.O=C(O)c1ccc(Cl)c(-c2ccc(CNC3CCN(Cc4ccccc4)CC3)o2)c1. The van der Waals surface area contributed by atoms with E-state index in [0.29, 0.717) is 28.9 Å². The van der Waals surface area contributed by atoms with Gasteiger partial charge in [-0.05, 0) is 61.8 Å². The van der Waals surface area contributed by atoms with Crippen molar-refractivity contribution in [3.8, 4) is 11.3 Å². The second-order valence-electron chi connectivity index (χ2n) is 7.68. The lowest BCUT2D eigenvalue weighted by Crippen LogP contribution is -2.41. The van der Waals surface area contributed by atoms with E-state index in [1.807, 2.05) is 12.1 Å². The van der Waals surface area contributed by atoms with E-state index >= 15 is 0 Å². The Morgan fingerprint density at radius 2 is 1.78 bits per heavy atom. The summed E-state index contributed by atoms with van der Waals surface area (Å²) in [6.07, 6.45) is 2.21. The van der Waals surface area contributed by atoms with Gasteiger partial charge in [0.25, 0.3) is 0 Å². The molecule has 1 fully saturated rings. The summed E-state index contributed by atoms with van der Waals surface area (Å²) in [5.41, 5.74) is 2.14. The van der Waals surface area contributed by atoms with Crippen LogP contribution in [0.3, 0.4) is 0 Å². The van der Waals surface area contributed by atoms with E-state index in [1.165, 1.54) is 11.6 Å². The Hall–Kier alpha value is -2.02. The minimum absolute atomic E-state index is 0. The van der Waals surface area contributed by atoms with Gasteiger partial charge in [-0.1, -0.05) is 41.9 Å². The van der Waals surface area contributed by atoms with Crippen LogP contribution in [0.15, 0.2) is 65.1 Å². The number of halogens is 3. The summed E-state index contributed by atoms with van der Waals surface area (Å²) in [5, 5.41) is 13.3. The molecule has 1 aliphatic rings. The molecule has 5 nitrogen and oxygen atoms in total. The van der Waals surface area contributed by atoms with Crippen LogP contribution in [0.4, 0.5) is 0 Å². The molecule has 0 aliphatic carbocycles. The molecule has 0 radical (unpaired) electrons. The Balaban J connectivity index is 0.00000181. The standard InChI is InChI=1S/C24H25ClN2O3.2ClH/c25-22-8-6-18(24(28)29)14-21(22)23-9-7-20(30-23)15-26-19-10-12-27(13-11-19)16-17-4-2-1-3-5-17;;/h1-9,14,19,26H,10-13,15-16H2,(H,28,29);2*1H. The molecule has 0 unspecified atom stereocenters. The number of carbonyl (C=O) groups is 1. The second kappa shape index (κ2) is 12.3. The molecule has 0 atom stereocenters. The summed E-state index contributed by atoms with van der Waals surface area (Å²) in [4.78, 5) is 13.7. The van der Waals surface area contributed by atoms with Crippen molar-refractivity contribution in [2.75, 3.05) is 13.1 Å². The first-order chi connectivity index (χ1) is 14.6. The highest BCUT2D eigenvalue weighted by Crippen LogP contribution is 2.30. The summed E-state index contributed by atoms with van der Waals surface area (Å²) in [7, 11) is 0. The molecule has 3 aromatic rings. The van der Waals surface area contributed by atoms with Crippen LogP contribution in [0.25, 0.3) is 11.3 Å². The first-order valence-corrected chi connectivity index (χ1v) is 10.6. The maximum atomic E-state index is 11.2. The van der Waals surface area contributed by atoms with E-state index in [2.05, 4.69) is 40.5 Å². The number of benzene rings is 2. The van der Waals surface area contributed by atoms with E-state index in [4.69, 9.17) is 16.0 Å². The summed E-state index contributed by atoms with van der Waals surface area (Å²) >= 11 is 6.24. The normalized spacial score (nSPS) is 14.4. The lowest BCUT2D eigenvalue weighted by atomic mass is 10.0. The second-order valence-corrected chi connectivity index (χ2v) is 8.09. The molecule has 4 rings (SSSR count). The van der Waals surface area contributed by atoms with Gasteiger partial charge in [0.1, 0.15) is 11.5 Å². The summed E-state index contributed by atoms with van der Waals surface area (Å²) in [5.74, 6) is 0.408. The number of rotatable bonds is 7. The van der Waals surface area contributed by atoms with Gasteiger partial charge in [0, 0.05) is 18.2 Å². The predicted octanol–water partition coefficient (Wildman–Crippen LogP) is 5.90. The highest BCUT2D eigenvalue weighted by Gasteiger charge is 2.19. The molecule has 172 valence electrons. The molecule has 8 heteroatoms. The quantitative estimate of drug-likeness (QED) is 0.426. The number of hydrogen-bond donors (Lipinski definition) is 2. The van der Waals surface area contributed by atoms with Crippen LogP contribution in [-0.2, 0) is 13.1 Å². The van der Waals surface area contributed by atoms with Crippen molar-refractivity contribution in [2.24, 2.45) is 0 Å². The summed E-state index contributed by atoms with van der Waals surface area (Å²) in [6, 6.07) is 19.4. The first kappa shape index (κ1) is 26.2. The number of likely N-dealkylation sites (tertiary alicyclic amines) is 1. The van der Waals surface area contributed by atoms with E-state index in [1.54, 1.807) is 12.1 Å². The molecule has 1 aliphatic heterocycles. The third kappa shape index (κ3) is 6.74. The number of carboxylic acids is 1. The van der Waals surface area contributed by atoms with Gasteiger partial charge in [-0.15, -0.1) is 24.8 Å². The maximum absolute atomic E-state index is 11.2. The van der Waals surface area contributed by atoms with Gasteiger partial charge >= 0.3 is 5.97 Å². The van der Waals surface area contributed by atoms with Gasteiger partial charge < -0.3 is 14.8 Å². The highest BCUT2D eigenvalue weighted by atomic mass is 35.5. The van der Waals surface area contributed by atoms with Gasteiger partial charge in [-0.3, -0.25) is 4.90 Å². The number of furan rings is 1. The first-order valence-electron chi connectivity index (χ1n) is 10.2. The topological polar surface area (TPSA) is 65.7 Å². The molecule has 0 bridgehead atoms. The minimum atomic E-state index is -0.986. The van der Waals surface area contributed by atoms with E-state index < -0.39 is 5.97 Å². The number of carboxylic acid groups (broad SMARTS) is 1. The Bertz CT molecular complexity index is 1000. The Morgan fingerprint density at radius 1 is 1.06 bits per heavy atom. The Labute approximate surface area is 205 Å². The van der Waals surface area contributed by atoms with Crippen molar-refractivity contribution in [1.29, 1.82) is 0 Å². The number of nitrogens with one attached hydrogen (secondary N) is 1. The Kier molecular flexibility index (Phi) is 10.1. The number of hydrogen-bond acceptors (Lipinski definition) is 4. The fourth-order valence-electron chi connectivity index (χ4n) is 3.85. The zero-order chi connectivity index (χ0) is 20.9. The average molecular weight is 498 g/mol. The van der Waals surface area contributed by atoms with Crippen LogP contribution in [0.1, 0.15) is 34.5 Å². The van der Waals surface area contributed by atoms with Crippen molar-refractivity contribution in [1.82, 2.24) is 10.2 Å². The molecule has 0 spiro atoms. The third-order valence-electron chi connectivity index (χ3n) is 5.54. The lowest BCUT2D eigenvalue weighted by molar-refractivity contribution is 0.0697.